The molecule has 0 aliphatic heterocycles. The maximum Gasteiger partial charge on any atom is 0.230 e. The Kier molecular flexibility index (Phi) is 5.08. The van der Waals surface area contributed by atoms with Crippen LogP contribution in [-0.2, 0) is 24.1 Å². The lowest BCUT2D eigenvalue weighted by Gasteiger charge is -2.16. The van der Waals surface area contributed by atoms with Crippen molar-refractivity contribution in [3.8, 4) is 11.3 Å². The number of amides is 1. The van der Waals surface area contributed by atoms with Gasteiger partial charge in [0.05, 0.1) is 12.1 Å². The highest BCUT2D eigenvalue weighted by atomic mass is 32.1. The molecule has 0 radical (unpaired) electrons. The monoisotopic (exact) mass is 376 g/mol. The molecule has 4 heteroatoms. The summed E-state index contributed by atoms with van der Waals surface area (Å²) in [6.45, 7) is 4.15. The van der Waals surface area contributed by atoms with Gasteiger partial charge in [0.25, 0.3) is 0 Å². The Bertz CT molecular complexity index is 990. The lowest BCUT2D eigenvalue weighted by molar-refractivity contribution is -0.115. The molecule has 3 nitrogen and oxygen atoms in total. The van der Waals surface area contributed by atoms with Crippen LogP contribution in [-0.4, -0.2) is 10.9 Å². The highest BCUT2D eigenvalue weighted by Crippen LogP contribution is 2.29. The maximum absolute atomic E-state index is 12.4. The van der Waals surface area contributed by atoms with Crippen LogP contribution >= 0.6 is 11.3 Å². The molecule has 1 aliphatic rings. The molecule has 0 saturated carbocycles. The van der Waals surface area contributed by atoms with Crippen LogP contribution in [0.1, 0.15) is 40.7 Å². The van der Waals surface area contributed by atoms with Gasteiger partial charge in [-0.1, -0.05) is 30.3 Å². The third-order valence-electron chi connectivity index (χ3n) is 5.33. The van der Waals surface area contributed by atoms with E-state index in [9.17, 15) is 4.79 Å². The Morgan fingerprint density at radius 2 is 1.85 bits per heavy atom. The summed E-state index contributed by atoms with van der Waals surface area (Å²) in [4.78, 5) is 17.0. The minimum Gasteiger partial charge on any atom is -0.302 e. The molecule has 0 atom stereocenters. The number of anilines is 1. The average Bonchev–Trinajstić information content (AvgIpc) is 3.12. The fourth-order valence-corrected chi connectivity index (χ4v) is 4.35. The number of carbonyl (C=O) groups is 1. The topological polar surface area (TPSA) is 42.0 Å². The fraction of sp³-hybridized carbons (Fsp3) is 0.304. The van der Waals surface area contributed by atoms with Gasteiger partial charge in [0.2, 0.25) is 5.91 Å². The number of aromatic nitrogens is 1. The van der Waals surface area contributed by atoms with Crippen molar-refractivity contribution in [3.63, 3.8) is 0 Å². The molecule has 0 spiro atoms. The number of carbonyl (C=O) groups excluding carboxylic acids is 1. The van der Waals surface area contributed by atoms with Crippen LogP contribution in [0.5, 0.6) is 0 Å². The summed E-state index contributed by atoms with van der Waals surface area (Å²) >= 11 is 1.48. The molecule has 1 heterocycles. The highest BCUT2D eigenvalue weighted by Gasteiger charge is 2.13. The number of nitrogens with zero attached hydrogens (tertiary/aromatic N) is 1. The summed E-state index contributed by atoms with van der Waals surface area (Å²) < 4.78 is 0. The van der Waals surface area contributed by atoms with E-state index in [0.717, 1.165) is 23.2 Å². The highest BCUT2D eigenvalue weighted by molar-refractivity contribution is 7.14. The summed E-state index contributed by atoms with van der Waals surface area (Å²) in [6, 6.07) is 12.8. The summed E-state index contributed by atoms with van der Waals surface area (Å²) in [7, 11) is 0. The van der Waals surface area contributed by atoms with Crippen molar-refractivity contribution < 1.29 is 4.79 Å². The molecule has 1 amide bonds. The van der Waals surface area contributed by atoms with E-state index >= 15 is 0 Å². The molecule has 2 aromatic carbocycles. The van der Waals surface area contributed by atoms with Crippen molar-refractivity contribution in [1.29, 1.82) is 0 Å². The molecule has 0 fully saturated rings. The molecule has 27 heavy (non-hydrogen) atoms. The zero-order valence-corrected chi connectivity index (χ0v) is 16.7. The van der Waals surface area contributed by atoms with Gasteiger partial charge in [-0.25, -0.2) is 4.98 Å². The molecular formula is C23H24N2OS. The van der Waals surface area contributed by atoms with E-state index in [1.165, 1.54) is 52.9 Å². The first-order valence-corrected chi connectivity index (χ1v) is 10.4. The molecule has 0 unspecified atom stereocenters. The first-order valence-electron chi connectivity index (χ1n) is 9.52. The summed E-state index contributed by atoms with van der Waals surface area (Å²) in [5.74, 6) is -0.0235. The molecule has 1 N–H and O–H groups in total. The van der Waals surface area contributed by atoms with E-state index in [4.69, 9.17) is 0 Å². The maximum atomic E-state index is 12.4. The quantitative estimate of drug-likeness (QED) is 0.654. The summed E-state index contributed by atoms with van der Waals surface area (Å²) in [5, 5.41) is 5.63. The van der Waals surface area contributed by atoms with E-state index in [0.29, 0.717) is 11.6 Å². The Hall–Kier alpha value is -2.46. The zero-order valence-electron chi connectivity index (χ0n) is 15.8. The number of thiazole rings is 1. The van der Waals surface area contributed by atoms with Gasteiger partial charge < -0.3 is 5.32 Å². The Morgan fingerprint density at radius 1 is 1.04 bits per heavy atom. The lowest BCUT2D eigenvalue weighted by atomic mass is 9.90. The number of benzene rings is 2. The molecule has 0 saturated heterocycles. The molecule has 1 aliphatic carbocycles. The minimum atomic E-state index is -0.0235. The van der Waals surface area contributed by atoms with Crippen LogP contribution in [0.15, 0.2) is 41.8 Å². The van der Waals surface area contributed by atoms with Gasteiger partial charge in [0, 0.05) is 10.9 Å². The SMILES string of the molecule is Cc1ccc(CC(=O)Nc2nc(-c3ccc4c(c3)CCCC4)cs2)cc1C. The Labute approximate surface area is 164 Å². The van der Waals surface area contributed by atoms with Crippen LogP contribution in [0.3, 0.4) is 0 Å². The summed E-state index contributed by atoms with van der Waals surface area (Å²) in [6.07, 6.45) is 5.28. The average molecular weight is 377 g/mol. The number of aryl methyl sites for hydroxylation is 4. The second-order valence-corrected chi connectivity index (χ2v) is 8.23. The van der Waals surface area contributed by atoms with E-state index < -0.39 is 0 Å². The normalized spacial score (nSPS) is 13.3. The van der Waals surface area contributed by atoms with E-state index in [1.54, 1.807) is 0 Å². The number of hydrogen-bond donors (Lipinski definition) is 1. The van der Waals surface area contributed by atoms with Gasteiger partial charge in [-0.15, -0.1) is 11.3 Å². The van der Waals surface area contributed by atoms with E-state index in [-0.39, 0.29) is 5.91 Å². The van der Waals surface area contributed by atoms with Crippen LogP contribution < -0.4 is 5.32 Å². The Morgan fingerprint density at radius 3 is 2.67 bits per heavy atom. The number of hydrogen-bond acceptors (Lipinski definition) is 3. The third-order valence-corrected chi connectivity index (χ3v) is 6.09. The van der Waals surface area contributed by atoms with Gasteiger partial charge in [-0.2, -0.15) is 0 Å². The molecular weight excluding hydrogens is 352 g/mol. The second-order valence-electron chi connectivity index (χ2n) is 7.37. The largest absolute Gasteiger partial charge is 0.302 e. The van der Waals surface area contributed by atoms with Crippen molar-refractivity contribution >= 4 is 22.4 Å². The Balaban J connectivity index is 1.44. The smallest absolute Gasteiger partial charge is 0.230 e. The first-order chi connectivity index (χ1) is 13.1. The van der Waals surface area contributed by atoms with Crippen molar-refractivity contribution in [2.45, 2.75) is 46.0 Å². The third kappa shape index (κ3) is 4.11. The first kappa shape index (κ1) is 17.9. The van der Waals surface area contributed by atoms with Crippen LogP contribution in [0.4, 0.5) is 5.13 Å². The number of nitrogens with one attached hydrogen (secondary N) is 1. The molecule has 0 bridgehead atoms. The number of rotatable bonds is 4. The van der Waals surface area contributed by atoms with Crippen LogP contribution in [0, 0.1) is 13.8 Å². The number of fused-ring (bicyclic) bond motifs is 1. The molecule has 4 rings (SSSR count). The van der Waals surface area contributed by atoms with E-state index in [2.05, 4.69) is 54.5 Å². The fourth-order valence-electron chi connectivity index (χ4n) is 3.62. The van der Waals surface area contributed by atoms with Gasteiger partial charge in [0.15, 0.2) is 5.13 Å². The van der Waals surface area contributed by atoms with Crippen LogP contribution in [0.2, 0.25) is 0 Å². The second kappa shape index (κ2) is 7.65. The van der Waals surface area contributed by atoms with Crippen molar-refractivity contribution in [3.05, 3.63) is 69.6 Å². The van der Waals surface area contributed by atoms with Crippen molar-refractivity contribution in [2.75, 3.05) is 5.32 Å². The minimum absolute atomic E-state index is 0.0235. The van der Waals surface area contributed by atoms with Gasteiger partial charge >= 0.3 is 0 Å². The van der Waals surface area contributed by atoms with Gasteiger partial charge in [0.1, 0.15) is 0 Å². The standard InChI is InChI=1S/C23H24N2OS/c1-15-7-8-17(11-16(15)2)12-22(26)25-23-24-21(14-27-23)20-10-9-18-5-3-4-6-19(18)13-20/h7-11,13-14H,3-6,12H2,1-2H3,(H,24,25,26). The molecule has 3 aromatic rings. The van der Waals surface area contributed by atoms with Crippen LogP contribution in [0.25, 0.3) is 11.3 Å². The van der Waals surface area contributed by atoms with Gasteiger partial charge in [-0.3, -0.25) is 4.79 Å². The van der Waals surface area contributed by atoms with Crippen molar-refractivity contribution in [1.82, 2.24) is 4.98 Å². The van der Waals surface area contributed by atoms with E-state index in [1.807, 2.05) is 11.4 Å². The molecule has 138 valence electrons. The molecule has 1 aromatic heterocycles. The lowest BCUT2D eigenvalue weighted by Crippen LogP contribution is -2.14. The summed E-state index contributed by atoms with van der Waals surface area (Å²) in [5.41, 5.74) is 8.49. The van der Waals surface area contributed by atoms with Gasteiger partial charge in [-0.05, 0) is 73.4 Å². The predicted molar refractivity (Wildman–Crippen MR) is 112 cm³/mol. The zero-order chi connectivity index (χ0) is 18.8. The van der Waals surface area contributed by atoms with Crippen molar-refractivity contribution in [2.24, 2.45) is 0 Å². The predicted octanol–water partition coefficient (Wildman–Crippen LogP) is 5.49.